The number of nitrogens with one attached hydrogen (secondary N) is 1. The molecule has 0 aromatic heterocycles. The first-order valence-corrected chi connectivity index (χ1v) is 8.22. The number of nitrogen functional groups attached to an aromatic ring is 1. The lowest BCUT2D eigenvalue weighted by molar-refractivity contribution is -0.115. The second-order valence-electron chi connectivity index (χ2n) is 5.94. The number of amides is 1. The number of hydrogen-bond donors (Lipinski definition) is 2. The van der Waals surface area contributed by atoms with Gasteiger partial charge in [-0.05, 0) is 24.0 Å². The number of carbonyl (C=O) groups excluding carboxylic acids is 1. The Morgan fingerprint density at radius 3 is 2.44 bits per heavy atom. The van der Waals surface area contributed by atoms with Gasteiger partial charge < -0.3 is 20.5 Å². The van der Waals surface area contributed by atoms with Gasteiger partial charge in [0.05, 0.1) is 17.8 Å². The molecule has 0 saturated heterocycles. The minimum absolute atomic E-state index is 0. The molecule has 3 rings (SSSR count). The summed E-state index contributed by atoms with van der Waals surface area (Å²) in [4.78, 5) is 12.3. The molecule has 134 valence electrons. The van der Waals surface area contributed by atoms with Crippen LogP contribution in [0.2, 0.25) is 0 Å². The van der Waals surface area contributed by atoms with Crippen molar-refractivity contribution < 1.29 is 14.3 Å². The average Bonchev–Trinajstić information content (AvgIpc) is 3.01. The number of nitrogens with two attached hydrogens (primary N) is 1. The lowest BCUT2D eigenvalue weighted by Crippen LogP contribution is -2.15. The highest BCUT2D eigenvalue weighted by Crippen LogP contribution is 2.38. The summed E-state index contributed by atoms with van der Waals surface area (Å²) in [6.07, 6.45) is 3.75. The molecule has 0 radical (unpaired) electrons. The quantitative estimate of drug-likeness (QED) is 0.763. The van der Waals surface area contributed by atoms with Crippen LogP contribution in [0, 0.1) is 0 Å². The molecule has 0 saturated carbocycles. The number of hydrogen-bond acceptors (Lipinski definition) is 4. The summed E-state index contributed by atoms with van der Waals surface area (Å²) in [5, 5.41) is 2.84. The number of ether oxygens (including phenoxy) is 2. The van der Waals surface area contributed by atoms with Crippen LogP contribution in [0.15, 0.2) is 36.4 Å². The van der Waals surface area contributed by atoms with E-state index < -0.39 is 0 Å². The Balaban J connectivity index is 0.00000225. The molecule has 1 amide bonds. The molecule has 6 heteroatoms. The molecular formula is C19H23ClN2O3. The molecule has 5 nitrogen and oxygen atoms in total. The molecule has 0 unspecified atom stereocenters. The van der Waals surface area contributed by atoms with Crippen LogP contribution in [-0.4, -0.2) is 12.7 Å². The van der Waals surface area contributed by atoms with Gasteiger partial charge in [-0.15, -0.1) is 12.4 Å². The standard InChI is InChI=1S/C19H22N2O3.ClH/c1-2-3-4-13-5-7-14(8-6-13)9-19(22)21-16-11-18-17(10-15(16)20)23-12-24-18;/h5-8,10-11H,2-4,9,12,20H2,1H3,(H,21,22);1H. The van der Waals surface area contributed by atoms with Crippen LogP contribution >= 0.6 is 12.4 Å². The number of unbranched alkanes of at least 4 members (excludes halogenated alkanes) is 1. The van der Waals surface area contributed by atoms with Crippen molar-refractivity contribution in [3.05, 3.63) is 47.5 Å². The second-order valence-corrected chi connectivity index (χ2v) is 5.94. The van der Waals surface area contributed by atoms with Gasteiger partial charge in [0.25, 0.3) is 0 Å². The maximum Gasteiger partial charge on any atom is 0.231 e. The van der Waals surface area contributed by atoms with Gasteiger partial charge in [0.2, 0.25) is 12.7 Å². The van der Waals surface area contributed by atoms with Gasteiger partial charge in [0, 0.05) is 12.1 Å². The predicted octanol–water partition coefficient (Wildman–Crippen LogP) is 3.94. The maximum atomic E-state index is 12.3. The smallest absolute Gasteiger partial charge is 0.231 e. The van der Waals surface area contributed by atoms with Crippen LogP contribution in [-0.2, 0) is 17.6 Å². The lowest BCUT2D eigenvalue weighted by Gasteiger charge is -2.10. The molecule has 1 aliphatic heterocycles. The zero-order valence-electron chi connectivity index (χ0n) is 14.2. The van der Waals surface area contributed by atoms with Crippen LogP contribution in [0.4, 0.5) is 11.4 Å². The first kappa shape index (κ1) is 18.9. The largest absolute Gasteiger partial charge is 0.454 e. The fraction of sp³-hybridized carbons (Fsp3) is 0.316. The molecule has 2 aromatic rings. The Hall–Kier alpha value is -2.40. The van der Waals surface area contributed by atoms with Crippen LogP contribution in [0.5, 0.6) is 11.5 Å². The molecule has 25 heavy (non-hydrogen) atoms. The first-order chi connectivity index (χ1) is 11.7. The van der Waals surface area contributed by atoms with Gasteiger partial charge >= 0.3 is 0 Å². The Labute approximate surface area is 153 Å². The fourth-order valence-electron chi connectivity index (χ4n) is 2.65. The highest BCUT2D eigenvalue weighted by molar-refractivity contribution is 5.95. The van der Waals surface area contributed by atoms with Gasteiger partial charge in [-0.2, -0.15) is 0 Å². The minimum atomic E-state index is -0.109. The monoisotopic (exact) mass is 362 g/mol. The Morgan fingerprint density at radius 2 is 1.76 bits per heavy atom. The van der Waals surface area contributed by atoms with E-state index >= 15 is 0 Å². The molecule has 0 spiro atoms. The molecule has 0 aliphatic carbocycles. The summed E-state index contributed by atoms with van der Waals surface area (Å²) in [6, 6.07) is 11.6. The third-order valence-electron chi connectivity index (χ3n) is 4.03. The summed E-state index contributed by atoms with van der Waals surface area (Å²) in [7, 11) is 0. The third kappa shape index (κ3) is 4.79. The molecule has 0 atom stereocenters. The highest BCUT2D eigenvalue weighted by Gasteiger charge is 2.17. The van der Waals surface area contributed by atoms with Gasteiger partial charge in [-0.25, -0.2) is 0 Å². The Bertz CT molecular complexity index is 732. The highest BCUT2D eigenvalue weighted by atomic mass is 35.5. The summed E-state index contributed by atoms with van der Waals surface area (Å²) >= 11 is 0. The summed E-state index contributed by atoms with van der Waals surface area (Å²) in [5.41, 5.74) is 9.24. The van der Waals surface area contributed by atoms with Crippen molar-refractivity contribution in [1.82, 2.24) is 0 Å². The maximum absolute atomic E-state index is 12.3. The number of benzene rings is 2. The molecule has 2 aromatic carbocycles. The SMILES string of the molecule is CCCCc1ccc(CC(=O)Nc2cc3c(cc2N)OCO3)cc1.Cl. The number of anilines is 2. The number of fused-ring (bicyclic) bond motifs is 1. The third-order valence-corrected chi connectivity index (χ3v) is 4.03. The van der Waals surface area contributed by atoms with E-state index in [4.69, 9.17) is 15.2 Å². The topological polar surface area (TPSA) is 73.6 Å². The number of halogens is 1. The normalized spacial score (nSPS) is 11.7. The van der Waals surface area contributed by atoms with Gasteiger partial charge in [-0.1, -0.05) is 37.6 Å². The second kappa shape index (κ2) is 8.62. The van der Waals surface area contributed by atoms with E-state index in [1.807, 2.05) is 12.1 Å². The van der Waals surface area contributed by atoms with E-state index in [0.29, 0.717) is 29.3 Å². The van der Waals surface area contributed by atoms with Crippen molar-refractivity contribution in [2.75, 3.05) is 17.8 Å². The number of carbonyl (C=O) groups is 1. The van der Waals surface area contributed by atoms with Gasteiger partial charge in [-0.3, -0.25) is 4.79 Å². The molecule has 0 bridgehead atoms. The van der Waals surface area contributed by atoms with Crippen LogP contribution in [0.1, 0.15) is 30.9 Å². The van der Waals surface area contributed by atoms with Crippen molar-refractivity contribution in [2.24, 2.45) is 0 Å². The van der Waals surface area contributed by atoms with Crippen molar-refractivity contribution in [3.8, 4) is 11.5 Å². The molecule has 1 heterocycles. The van der Waals surface area contributed by atoms with Crippen LogP contribution < -0.4 is 20.5 Å². The van der Waals surface area contributed by atoms with E-state index in [2.05, 4.69) is 24.4 Å². The van der Waals surface area contributed by atoms with E-state index in [1.165, 1.54) is 18.4 Å². The van der Waals surface area contributed by atoms with E-state index in [-0.39, 0.29) is 25.1 Å². The van der Waals surface area contributed by atoms with E-state index in [9.17, 15) is 4.79 Å². The summed E-state index contributed by atoms with van der Waals surface area (Å²) in [5.74, 6) is 1.09. The number of aryl methyl sites for hydroxylation is 1. The van der Waals surface area contributed by atoms with Crippen molar-refractivity contribution in [1.29, 1.82) is 0 Å². The first-order valence-electron chi connectivity index (χ1n) is 8.22. The summed E-state index contributed by atoms with van der Waals surface area (Å²) < 4.78 is 10.6. The Kier molecular flexibility index (Phi) is 6.53. The van der Waals surface area contributed by atoms with Crippen molar-refractivity contribution >= 4 is 29.7 Å². The van der Waals surface area contributed by atoms with Crippen molar-refractivity contribution in [3.63, 3.8) is 0 Å². The molecule has 3 N–H and O–H groups in total. The van der Waals surface area contributed by atoms with E-state index in [1.54, 1.807) is 12.1 Å². The molecule has 0 fully saturated rings. The molecular weight excluding hydrogens is 340 g/mol. The van der Waals surface area contributed by atoms with Gasteiger partial charge in [0.1, 0.15) is 0 Å². The zero-order valence-corrected chi connectivity index (χ0v) is 15.0. The van der Waals surface area contributed by atoms with Crippen LogP contribution in [0.3, 0.4) is 0 Å². The van der Waals surface area contributed by atoms with E-state index in [0.717, 1.165) is 12.0 Å². The fourth-order valence-corrected chi connectivity index (χ4v) is 2.65. The van der Waals surface area contributed by atoms with Crippen LogP contribution in [0.25, 0.3) is 0 Å². The number of rotatable bonds is 6. The van der Waals surface area contributed by atoms with Crippen molar-refractivity contribution in [2.45, 2.75) is 32.6 Å². The molecule has 1 aliphatic rings. The lowest BCUT2D eigenvalue weighted by atomic mass is 10.0. The van der Waals surface area contributed by atoms with Gasteiger partial charge in [0.15, 0.2) is 11.5 Å². The predicted molar refractivity (Wildman–Crippen MR) is 102 cm³/mol. The summed E-state index contributed by atoms with van der Waals surface area (Å²) in [6.45, 7) is 2.36. The average molecular weight is 363 g/mol. The minimum Gasteiger partial charge on any atom is -0.454 e. The zero-order chi connectivity index (χ0) is 16.9. The Morgan fingerprint density at radius 1 is 1.12 bits per heavy atom.